The molecule has 2 heterocycles. The summed E-state index contributed by atoms with van der Waals surface area (Å²) in [6.45, 7) is 3.16. The van der Waals surface area contributed by atoms with Gasteiger partial charge in [-0.3, -0.25) is 4.98 Å². The van der Waals surface area contributed by atoms with E-state index in [4.69, 9.17) is 10.5 Å². The van der Waals surface area contributed by atoms with Crippen molar-refractivity contribution in [2.45, 2.75) is 26.2 Å². The van der Waals surface area contributed by atoms with E-state index in [-0.39, 0.29) is 5.56 Å². The Morgan fingerprint density at radius 1 is 1.17 bits per heavy atom. The molecule has 0 amide bonds. The van der Waals surface area contributed by atoms with Gasteiger partial charge < -0.3 is 20.6 Å². The third-order valence-electron chi connectivity index (χ3n) is 5.34. The molecule has 2 aromatic carbocycles. The minimum Gasteiger partial charge on any atom is -0.492 e. The summed E-state index contributed by atoms with van der Waals surface area (Å²) in [6, 6.07) is 13.2. The number of H-pyrrole nitrogens is 1. The van der Waals surface area contributed by atoms with Crippen molar-refractivity contribution < 1.29 is 14.6 Å². The van der Waals surface area contributed by atoms with Crippen LogP contribution in [0.1, 0.15) is 35.7 Å². The number of carbonyl (C=O) groups is 1. The van der Waals surface area contributed by atoms with Crippen LogP contribution in [0, 0.1) is 0 Å². The Bertz CT molecular complexity index is 1210. The molecule has 0 bridgehead atoms. The van der Waals surface area contributed by atoms with E-state index in [1.54, 1.807) is 18.3 Å². The van der Waals surface area contributed by atoms with Gasteiger partial charge in [-0.05, 0) is 74.7 Å². The zero-order chi connectivity index (χ0) is 21.1. The maximum absolute atomic E-state index is 11.5. The summed E-state index contributed by atoms with van der Waals surface area (Å²) < 4.78 is 5.77. The second kappa shape index (κ2) is 8.55. The molecule has 0 atom stereocenters. The predicted molar refractivity (Wildman–Crippen MR) is 119 cm³/mol. The molecule has 0 spiro atoms. The average Bonchev–Trinajstić information content (AvgIpc) is 3.12. The van der Waals surface area contributed by atoms with Crippen molar-refractivity contribution in [3.05, 3.63) is 59.8 Å². The zero-order valence-corrected chi connectivity index (χ0v) is 16.9. The molecule has 0 unspecified atom stereocenters. The summed E-state index contributed by atoms with van der Waals surface area (Å²) in [6.07, 6.45) is 4.42. The predicted octanol–water partition coefficient (Wildman–Crippen LogP) is 4.76. The first-order valence-corrected chi connectivity index (χ1v) is 10.2. The van der Waals surface area contributed by atoms with Crippen molar-refractivity contribution in [2.24, 2.45) is 5.73 Å². The zero-order valence-electron chi connectivity index (χ0n) is 16.9. The van der Waals surface area contributed by atoms with E-state index in [1.807, 2.05) is 37.3 Å². The number of ether oxygens (including phenoxy) is 1. The summed E-state index contributed by atoms with van der Waals surface area (Å²) in [4.78, 5) is 19.6. The van der Waals surface area contributed by atoms with Gasteiger partial charge in [-0.25, -0.2) is 4.79 Å². The molecule has 4 N–H and O–H groups in total. The molecule has 0 saturated heterocycles. The van der Waals surface area contributed by atoms with E-state index in [0.717, 1.165) is 63.6 Å². The van der Waals surface area contributed by atoms with Gasteiger partial charge in [0, 0.05) is 28.0 Å². The standard InChI is InChI=1S/C24H25N3O3/c1-2-30-21-11-9-18(16-7-5-13-26-23(16)21)22-17(6-3-4-12-25)19-14-15(24(28)29)8-10-20(19)27-22/h5,7-11,13-14,27H,2-4,6,12,25H2,1H3,(H,28,29). The van der Waals surface area contributed by atoms with Crippen LogP contribution in [-0.4, -0.2) is 34.2 Å². The van der Waals surface area contributed by atoms with Crippen LogP contribution in [0.5, 0.6) is 5.75 Å². The lowest BCUT2D eigenvalue weighted by atomic mass is 9.97. The number of hydrogen-bond donors (Lipinski definition) is 3. The summed E-state index contributed by atoms with van der Waals surface area (Å²) in [5, 5.41) is 11.4. The number of rotatable bonds is 8. The Kier molecular flexibility index (Phi) is 5.68. The van der Waals surface area contributed by atoms with Gasteiger partial charge in [0.25, 0.3) is 0 Å². The van der Waals surface area contributed by atoms with Gasteiger partial charge in [-0.1, -0.05) is 6.07 Å². The fourth-order valence-corrected chi connectivity index (χ4v) is 3.95. The number of carboxylic acids is 1. The van der Waals surface area contributed by atoms with E-state index in [1.165, 1.54) is 0 Å². The second-order valence-corrected chi connectivity index (χ2v) is 7.23. The van der Waals surface area contributed by atoms with Gasteiger partial charge in [0.15, 0.2) is 0 Å². The van der Waals surface area contributed by atoms with Gasteiger partial charge in [0.2, 0.25) is 0 Å². The molecule has 0 aliphatic rings. The number of fused-ring (bicyclic) bond motifs is 2. The van der Waals surface area contributed by atoms with Crippen molar-refractivity contribution in [1.82, 2.24) is 9.97 Å². The van der Waals surface area contributed by atoms with E-state index in [2.05, 4.69) is 9.97 Å². The Morgan fingerprint density at radius 2 is 2.03 bits per heavy atom. The number of carboxylic acid groups (broad SMARTS) is 1. The van der Waals surface area contributed by atoms with E-state index in [9.17, 15) is 9.90 Å². The van der Waals surface area contributed by atoms with Gasteiger partial charge in [-0.15, -0.1) is 0 Å². The monoisotopic (exact) mass is 403 g/mol. The Labute approximate surface area is 174 Å². The third kappa shape index (κ3) is 3.62. The first-order valence-electron chi connectivity index (χ1n) is 10.2. The van der Waals surface area contributed by atoms with Crippen LogP contribution in [-0.2, 0) is 6.42 Å². The lowest BCUT2D eigenvalue weighted by Crippen LogP contribution is -2.00. The Morgan fingerprint density at radius 3 is 2.80 bits per heavy atom. The first kappa shape index (κ1) is 19.9. The summed E-state index contributed by atoms with van der Waals surface area (Å²) in [5.74, 6) is -0.172. The molecule has 6 nitrogen and oxygen atoms in total. The van der Waals surface area contributed by atoms with Crippen molar-refractivity contribution in [2.75, 3.05) is 13.2 Å². The maximum atomic E-state index is 11.5. The van der Waals surface area contributed by atoms with Crippen LogP contribution in [0.2, 0.25) is 0 Å². The number of pyridine rings is 1. The van der Waals surface area contributed by atoms with E-state index in [0.29, 0.717) is 13.2 Å². The van der Waals surface area contributed by atoms with Crippen LogP contribution in [0.3, 0.4) is 0 Å². The number of nitrogens with one attached hydrogen (secondary N) is 1. The quantitative estimate of drug-likeness (QED) is 0.368. The molecular weight excluding hydrogens is 378 g/mol. The number of aromatic carboxylic acids is 1. The number of benzene rings is 2. The molecule has 0 saturated carbocycles. The molecular formula is C24H25N3O3. The smallest absolute Gasteiger partial charge is 0.335 e. The number of aromatic nitrogens is 2. The highest BCUT2D eigenvalue weighted by Gasteiger charge is 2.18. The highest BCUT2D eigenvalue weighted by molar-refractivity contribution is 6.03. The van der Waals surface area contributed by atoms with E-state index >= 15 is 0 Å². The molecule has 154 valence electrons. The molecule has 0 radical (unpaired) electrons. The SMILES string of the molecule is CCOc1ccc(-c2[nH]c3ccc(C(=O)O)cc3c2CCCCN)c2cccnc12. The van der Waals surface area contributed by atoms with Crippen LogP contribution in [0.15, 0.2) is 48.7 Å². The van der Waals surface area contributed by atoms with Crippen molar-refractivity contribution in [3.8, 4) is 17.0 Å². The molecule has 2 aromatic heterocycles. The van der Waals surface area contributed by atoms with Crippen LogP contribution in [0.4, 0.5) is 0 Å². The van der Waals surface area contributed by atoms with Gasteiger partial charge in [-0.2, -0.15) is 0 Å². The fraction of sp³-hybridized carbons (Fsp3) is 0.250. The minimum absolute atomic E-state index is 0.284. The van der Waals surface area contributed by atoms with Crippen LogP contribution >= 0.6 is 0 Å². The molecule has 4 aromatic rings. The number of nitrogens with zero attached hydrogens (tertiary/aromatic N) is 1. The Balaban J connectivity index is 1.95. The van der Waals surface area contributed by atoms with Gasteiger partial charge in [0.1, 0.15) is 11.3 Å². The van der Waals surface area contributed by atoms with E-state index < -0.39 is 5.97 Å². The van der Waals surface area contributed by atoms with Crippen molar-refractivity contribution >= 4 is 27.8 Å². The number of nitrogens with two attached hydrogens (primary N) is 1. The second-order valence-electron chi connectivity index (χ2n) is 7.23. The molecule has 4 rings (SSSR count). The van der Waals surface area contributed by atoms with Gasteiger partial charge >= 0.3 is 5.97 Å². The molecule has 0 fully saturated rings. The topological polar surface area (TPSA) is 101 Å². The largest absolute Gasteiger partial charge is 0.492 e. The molecule has 0 aliphatic carbocycles. The molecule has 6 heteroatoms. The first-order chi connectivity index (χ1) is 14.6. The highest BCUT2D eigenvalue weighted by atomic mass is 16.5. The highest BCUT2D eigenvalue weighted by Crippen LogP contribution is 2.38. The molecule has 0 aliphatic heterocycles. The normalized spacial score (nSPS) is 11.3. The maximum Gasteiger partial charge on any atom is 0.335 e. The number of aromatic amines is 1. The summed E-state index contributed by atoms with van der Waals surface area (Å²) >= 11 is 0. The minimum atomic E-state index is -0.928. The lowest BCUT2D eigenvalue weighted by molar-refractivity contribution is 0.0697. The van der Waals surface area contributed by atoms with Crippen LogP contribution in [0.25, 0.3) is 33.1 Å². The van der Waals surface area contributed by atoms with Gasteiger partial charge in [0.05, 0.1) is 17.9 Å². The van der Waals surface area contributed by atoms with Crippen LogP contribution < -0.4 is 10.5 Å². The Hall–Kier alpha value is -3.38. The fourth-order valence-electron chi connectivity index (χ4n) is 3.95. The van der Waals surface area contributed by atoms with Crippen molar-refractivity contribution in [3.63, 3.8) is 0 Å². The molecule has 30 heavy (non-hydrogen) atoms. The summed E-state index contributed by atoms with van der Waals surface area (Å²) in [7, 11) is 0. The van der Waals surface area contributed by atoms with Crippen molar-refractivity contribution in [1.29, 1.82) is 0 Å². The lowest BCUT2D eigenvalue weighted by Gasteiger charge is -2.12. The third-order valence-corrected chi connectivity index (χ3v) is 5.34. The number of aryl methyl sites for hydroxylation is 1. The summed E-state index contributed by atoms with van der Waals surface area (Å²) in [5.41, 5.74) is 10.8. The number of hydrogen-bond acceptors (Lipinski definition) is 4. The average molecular weight is 403 g/mol. The number of unbranched alkanes of at least 4 members (excludes halogenated alkanes) is 1.